The minimum absolute atomic E-state index is 0.740. The van der Waals surface area contributed by atoms with Crippen LogP contribution in [0.5, 0.6) is 0 Å². The van der Waals surface area contributed by atoms with Gasteiger partial charge in [0.25, 0.3) is 0 Å². The van der Waals surface area contributed by atoms with Crippen molar-refractivity contribution in [1.29, 1.82) is 0 Å². The summed E-state index contributed by atoms with van der Waals surface area (Å²) in [6.07, 6.45) is 1.47. The van der Waals surface area contributed by atoms with Crippen molar-refractivity contribution in [1.82, 2.24) is 5.43 Å². The van der Waals surface area contributed by atoms with Crippen molar-refractivity contribution in [2.45, 2.75) is 5.75 Å². The van der Waals surface area contributed by atoms with Crippen LogP contribution in [0.25, 0.3) is 0 Å². The summed E-state index contributed by atoms with van der Waals surface area (Å²) in [6, 6.07) is 10.2. The molecule has 0 aromatic heterocycles. The Balaban J connectivity index is 1.90. The maximum atomic E-state index is 3.97. The van der Waals surface area contributed by atoms with Crippen LogP contribution in [0.1, 0.15) is 5.56 Å². The van der Waals surface area contributed by atoms with Crippen molar-refractivity contribution >= 4 is 23.3 Å². The summed E-state index contributed by atoms with van der Waals surface area (Å²) < 4.78 is 0. The normalized spacial score (nSPS) is 14.0. The largest absolute Gasteiger partial charge is 0.210 e. The van der Waals surface area contributed by atoms with Gasteiger partial charge in [-0.05, 0) is 5.56 Å². The second-order valence-corrected chi connectivity index (χ2v) is 3.46. The minimum atomic E-state index is 0.740. The first-order valence-electron chi connectivity index (χ1n) is 3.92. The van der Waals surface area contributed by atoms with E-state index < -0.39 is 0 Å². The predicted molar refractivity (Wildman–Crippen MR) is 55.8 cm³/mol. The lowest BCUT2D eigenvalue weighted by Gasteiger charge is -1.97. The molecule has 0 bridgehead atoms. The molecule has 1 heterocycles. The van der Waals surface area contributed by atoms with E-state index in [1.54, 1.807) is 11.8 Å². The SMILES string of the molecule is C1=NC(SCc2ccccc2)=N[N]1. The first-order chi connectivity index (χ1) is 6.45. The lowest BCUT2D eigenvalue weighted by Crippen LogP contribution is -1.86. The second-order valence-electron chi connectivity index (χ2n) is 2.52. The number of aliphatic imine (C=N–C) groups is 1. The van der Waals surface area contributed by atoms with Gasteiger partial charge in [0, 0.05) is 5.75 Å². The van der Waals surface area contributed by atoms with Gasteiger partial charge in [-0.1, -0.05) is 42.1 Å². The molecule has 0 amide bonds. The average molecular weight is 190 g/mol. The second kappa shape index (κ2) is 4.09. The standard InChI is InChI=1S/C9H8N3S/c1-2-4-8(5-3-1)6-13-9-10-7-11-12-9/h1-5,7H,6H2. The van der Waals surface area contributed by atoms with Crippen LogP contribution >= 0.6 is 11.8 Å². The zero-order chi connectivity index (χ0) is 8.93. The van der Waals surface area contributed by atoms with Crippen molar-refractivity contribution in [3.05, 3.63) is 35.9 Å². The molecule has 3 nitrogen and oxygen atoms in total. The van der Waals surface area contributed by atoms with E-state index in [0.29, 0.717) is 0 Å². The first-order valence-corrected chi connectivity index (χ1v) is 4.91. The van der Waals surface area contributed by atoms with Gasteiger partial charge in [0.2, 0.25) is 5.17 Å². The zero-order valence-electron chi connectivity index (χ0n) is 6.92. The van der Waals surface area contributed by atoms with E-state index >= 15 is 0 Å². The summed E-state index contributed by atoms with van der Waals surface area (Å²) in [7, 11) is 0. The molecular weight excluding hydrogens is 182 g/mol. The van der Waals surface area contributed by atoms with Gasteiger partial charge >= 0.3 is 0 Å². The fourth-order valence-corrected chi connectivity index (χ4v) is 1.68. The number of benzene rings is 1. The Bertz CT molecular complexity index is 332. The Labute approximate surface area is 81.0 Å². The van der Waals surface area contributed by atoms with Crippen LogP contribution in [0.3, 0.4) is 0 Å². The fourth-order valence-electron chi connectivity index (χ4n) is 0.964. The molecule has 0 atom stereocenters. The average Bonchev–Trinajstić information content (AvgIpc) is 2.69. The van der Waals surface area contributed by atoms with Gasteiger partial charge in [-0.25, -0.2) is 4.99 Å². The molecule has 0 saturated carbocycles. The monoisotopic (exact) mass is 190 g/mol. The quantitative estimate of drug-likeness (QED) is 0.701. The van der Waals surface area contributed by atoms with Gasteiger partial charge in [-0.15, -0.1) is 10.5 Å². The number of nitrogens with zero attached hydrogens (tertiary/aromatic N) is 3. The Morgan fingerprint density at radius 2 is 2.00 bits per heavy atom. The zero-order valence-corrected chi connectivity index (χ0v) is 7.74. The van der Waals surface area contributed by atoms with Crippen LogP contribution in [0.15, 0.2) is 40.4 Å². The number of hydrogen-bond acceptors (Lipinski definition) is 3. The Morgan fingerprint density at radius 1 is 1.15 bits per heavy atom. The van der Waals surface area contributed by atoms with Crippen LogP contribution in [-0.2, 0) is 5.75 Å². The molecule has 13 heavy (non-hydrogen) atoms. The minimum Gasteiger partial charge on any atom is -0.207 e. The van der Waals surface area contributed by atoms with Gasteiger partial charge in [-0.3, -0.25) is 0 Å². The molecule has 0 N–H and O–H groups in total. The first kappa shape index (κ1) is 8.31. The molecule has 1 aliphatic rings. The van der Waals surface area contributed by atoms with Crippen LogP contribution in [0.4, 0.5) is 0 Å². The van der Waals surface area contributed by atoms with E-state index in [1.807, 2.05) is 18.2 Å². The number of hydrogen-bond donors (Lipinski definition) is 0. The van der Waals surface area contributed by atoms with E-state index in [9.17, 15) is 0 Å². The summed E-state index contributed by atoms with van der Waals surface area (Å²) in [5, 5.41) is 4.57. The third-order valence-corrected chi connectivity index (χ3v) is 2.50. The predicted octanol–water partition coefficient (Wildman–Crippen LogP) is 1.84. The van der Waals surface area contributed by atoms with E-state index in [0.717, 1.165) is 10.9 Å². The van der Waals surface area contributed by atoms with Crippen LogP contribution < -0.4 is 5.43 Å². The maximum Gasteiger partial charge on any atom is 0.210 e. The molecule has 65 valence electrons. The van der Waals surface area contributed by atoms with E-state index in [2.05, 4.69) is 27.7 Å². The molecular formula is C9H8N3S. The molecule has 4 heteroatoms. The molecule has 0 unspecified atom stereocenters. The molecule has 1 aliphatic heterocycles. The highest BCUT2D eigenvalue weighted by atomic mass is 32.2. The highest BCUT2D eigenvalue weighted by molar-refractivity contribution is 8.13. The van der Waals surface area contributed by atoms with E-state index in [1.165, 1.54) is 11.9 Å². The Morgan fingerprint density at radius 3 is 2.69 bits per heavy atom. The third kappa shape index (κ3) is 2.32. The highest BCUT2D eigenvalue weighted by Crippen LogP contribution is 2.14. The smallest absolute Gasteiger partial charge is 0.207 e. The molecule has 1 radical (unpaired) electrons. The molecule has 0 saturated heterocycles. The van der Waals surface area contributed by atoms with Crippen molar-refractivity contribution in [2.24, 2.45) is 10.1 Å². The summed E-state index contributed by atoms with van der Waals surface area (Å²) in [4.78, 5) is 3.97. The number of thioether (sulfide) groups is 1. The molecule has 2 rings (SSSR count). The van der Waals surface area contributed by atoms with Gasteiger partial charge in [0.15, 0.2) is 0 Å². The van der Waals surface area contributed by atoms with Gasteiger partial charge < -0.3 is 0 Å². The van der Waals surface area contributed by atoms with Gasteiger partial charge in [-0.2, -0.15) is 0 Å². The molecule has 0 aliphatic carbocycles. The van der Waals surface area contributed by atoms with Crippen molar-refractivity contribution in [3.63, 3.8) is 0 Å². The van der Waals surface area contributed by atoms with Crippen LogP contribution in [0.2, 0.25) is 0 Å². The fraction of sp³-hybridized carbons (Fsp3) is 0.111. The topological polar surface area (TPSA) is 38.8 Å². The molecule has 1 aromatic carbocycles. The van der Waals surface area contributed by atoms with E-state index in [-0.39, 0.29) is 0 Å². The van der Waals surface area contributed by atoms with Crippen molar-refractivity contribution in [2.75, 3.05) is 0 Å². The lowest BCUT2D eigenvalue weighted by molar-refractivity contribution is 1.07. The summed E-state index contributed by atoms with van der Waals surface area (Å²) in [5.74, 6) is 0.895. The van der Waals surface area contributed by atoms with Crippen molar-refractivity contribution in [3.8, 4) is 0 Å². The van der Waals surface area contributed by atoms with Gasteiger partial charge in [0.1, 0.15) is 6.34 Å². The molecule has 1 aromatic rings. The van der Waals surface area contributed by atoms with E-state index in [4.69, 9.17) is 0 Å². The van der Waals surface area contributed by atoms with Crippen LogP contribution in [-0.4, -0.2) is 11.5 Å². The number of rotatable bonds is 2. The van der Waals surface area contributed by atoms with Crippen LogP contribution in [0, 0.1) is 0 Å². The van der Waals surface area contributed by atoms with Crippen molar-refractivity contribution < 1.29 is 0 Å². The Kier molecular flexibility index (Phi) is 2.62. The highest BCUT2D eigenvalue weighted by Gasteiger charge is 2.02. The molecule has 0 fully saturated rings. The number of amidine groups is 1. The summed E-state index contributed by atoms with van der Waals surface area (Å²) >= 11 is 1.60. The summed E-state index contributed by atoms with van der Waals surface area (Å²) in [6.45, 7) is 0. The summed E-state index contributed by atoms with van der Waals surface area (Å²) in [5.41, 5.74) is 4.93. The maximum absolute atomic E-state index is 3.97. The van der Waals surface area contributed by atoms with Gasteiger partial charge in [0.05, 0.1) is 0 Å². The lowest BCUT2D eigenvalue weighted by atomic mass is 10.2. The Hall–Kier alpha value is -1.29. The third-order valence-electron chi connectivity index (χ3n) is 1.57. The molecule has 0 spiro atoms.